The third-order valence-electron chi connectivity index (χ3n) is 7.68. The Hall–Kier alpha value is -1.11. The smallest absolute Gasteiger partial charge is 0.126 e. The van der Waals surface area contributed by atoms with Crippen LogP contribution in [0.5, 0.6) is 0 Å². The Morgan fingerprint density at radius 2 is 1.76 bits per heavy atom. The van der Waals surface area contributed by atoms with Crippen LogP contribution in [-0.4, -0.2) is 0 Å². The van der Waals surface area contributed by atoms with Gasteiger partial charge in [-0.05, 0) is 92.2 Å². The van der Waals surface area contributed by atoms with E-state index in [0.29, 0.717) is 5.92 Å². The van der Waals surface area contributed by atoms with E-state index in [0.717, 1.165) is 36.2 Å². The highest BCUT2D eigenvalue weighted by atomic mass is 19.1. The van der Waals surface area contributed by atoms with Gasteiger partial charge in [0.25, 0.3) is 0 Å². The van der Waals surface area contributed by atoms with Crippen LogP contribution in [0.2, 0.25) is 0 Å². The minimum absolute atomic E-state index is 0.0480. The molecule has 2 unspecified atom stereocenters. The van der Waals surface area contributed by atoms with Crippen LogP contribution < -0.4 is 0 Å². The predicted molar refractivity (Wildman–Crippen MR) is 124 cm³/mol. The van der Waals surface area contributed by atoms with Crippen molar-refractivity contribution < 1.29 is 4.39 Å². The van der Waals surface area contributed by atoms with Crippen LogP contribution in [0.1, 0.15) is 114 Å². The average molecular weight is 399 g/mol. The molecule has 0 aliphatic heterocycles. The Kier molecular flexibility index (Phi) is 9.28. The number of allylic oxidation sites excluding steroid dienone is 2. The van der Waals surface area contributed by atoms with Gasteiger partial charge in [0.05, 0.1) is 0 Å². The zero-order chi connectivity index (χ0) is 20.5. The SMILES string of the molecule is CCCCCc1ccc(C(CC2CC=CCC2)C2CCC(CCC)CC2)cc1F. The topological polar surface area (TPSA) is 0 Å². The summed E-state index contributed by atoms with van der Waals surface area (Å²) >= 11 is 0. The van der Waals surface area contributed by atoms with E-state index in [1.54, 1.807) is 0 Å². The highest BCUT2D eigenvalue weighted by Crippen LogP contribution is 2.44. The summed E-state index contributed by atoms with van der Waals surface area (Å²) < 4.78 is 14.9. The van der Waals surface area contributed by atoms with E-state index in [9.17, 15) is 4.39 Å². The average Bonchev–Trinajstić information content (AvgIpc) is 2.75. The Morgan fingerprint density at radius 3 is 2.41 bits per heavy atom. The number of rotatable bonds is 10. The second kappa shape index (κ2) is 11.9. The first-order valence-electron chi connectivity index (χ1n) is 12.6. The van der Waals surface area contributed by atoms with E-state index < -0.39 is 0 Å². The lowest BCUT2D eigenvalue weighted by atomic mass is 9.69. The molecule has 29 heavy (non-hydrogen) atoms. The van der Waals surface area contributed by atoms with Crippen molar-refractivity contribution >= 4 is 0 Å². The lowest BCUT2D eigenvalue weighted by Gasteiger charge is -2.36. The van der Waals surface area contributed by atoms with E-state index in [1.165, 1.54) is 82.6 Å². The van der Waals surface area contributed by atoms with Gasteiger partial charge < -0.3 is 0 Å². The minimum atomic E-state index is 0.0480. The van der Waals surface area contributed by atoms with Gasteiger partial charge in [-0.1, -0.05) is 76.7 Å². The Morgan fingerprint density at radius 1 is 0.931 bits per heavy atom. The second-order valence-corrected chi connectivity index (χ2v) is 9.87. The van der Waals surface area contributed by atoms with Crippen LogP contribution in [0.25, 0.3) is 0 Å². The number of hydrogen-bond donors (Lipinski definition) is 0. The molecular formula is C28H43F. The van der Waals surface area contributed by atoms with Gasteiger partial charge in [0.1, 0.15) is 5.82 Å². The molecule has 1 heteroatoms. The zero-order valence-electron chi connectivity index (χ0n) is 19.0. The summed E-state index contributed by atoms with van der Waals surface area (Å²) in [6, 6.07) is 6.31. The van der Waals surface area contributed by atoms with Gasteiger partial charge in [-0.3, -0.25) is 0 Å². The number of benzene rings is 1. The first kappa shape index (κ1) is 22.6. The van der Waals surface area contributed by atoms with E-state index in [1.807, 2.05) is 6.07 Å². The maximum absolute atomic E-state index is 14.9. The fourth-order valence-electron chi connectivity index (χ4n) is 5.88. The first-order valence-corrected chi connectivity index (χ1v) is 12.6. The van der Waals surface area contributed by atoms with Gasteiger partial charge in [-0.25, -0.2) is 4.39 Å². The van der Waals surface area contributed by atoms with Crippen molar-refractivity contribution in [1.29, 1.82) is 0 Å². The number of halogens is 1. The summed E-state index contributed by atoms with van der Waals surface area (Å²) in [5.41, 5.74) is 2.21. The van der Waals surface area contributed by atoms with Gasteiger partial charge in [-0.2, -0.15) is 0 Å². The predicted octanol–water partition coefficient (Wildman–Crippen LogP) is 8.99. The number of aryl methyl sites for hydroxylation is 1. The molecule has 0 saturated heterocycles. The molecule has 2 aliphatic rings. The molecular weight excluding hydrogens is 355 g/mol. The summed E-state index contributed by atoms with van der Waals surface area (Å²) in [6.45, 7) is 4.52. The Bertz CT molecular complexity index is 623. The van der Waals surface area contributed by atoms with Crippen molar-refractivity contribution in [1.82, 2.24) is 0 Å². The molecule has 0 N–H and O–H groups in total. The quantitative estimate of drug-likeness (QED) is 0.272. The van der Waals surface area contributed by atoms with Gasteiger partial charge >= 0.3 is 0 Å². The van der Waals surface area contributed by atoms with Crippen molar-refractivity contribution in [2.75, 3.05) is 0 Å². The molecule has 0 radical (unpaired) electrons. The first-order chi connectivity index (χ1) is 14.2. The van der Waals surface area contributed by atoms with Crippen LogP contribution in [0.3, 0.4) is 0 Å². The Balaban J connectivity index is 1.72. The highest BCUT2D eigenvalue weighted by molar-refractivity contribution is 5.28. The molecule has 1 aromatic rings. The van der Waals surface area contributed by atoms with Crippen LogP contribution in [0.15, 0.2) is 30.4 Å². The molecule has 1 aromatic carbocycles. The van der Waals surface area contributed by atoms with Gasteiger partial charge in [0, 0.05) is 0 Å². The summed E-state index contributed by atoms with van der Waals surface area (Å²) in [6.07, 6.45) is 22.3. The second-order valence-electron chi connectivity index (χ2n) is 9.87. The normalized spacial score (nSPS) is 25.8. The molecule has 3 rings (SSSR count). The minimum Gasteiger partial charge on any atom is -0.207 e. The van der Waals surface area contributed by atoms with Crippen LogP contribution in [0, 0.1) is 23.6 Å². The lowest BCUT2D eigenvalue weighted by molar-refractivity contribution is 0.211. The molecule has 0 heterocycles. The molecule has 2 atom stereocenters. The lowest BCUT2D eigenvalue weighted by Crippen LogP contribution is -2.23. The molecule has 2 aliphatic carbocycles. The number of hydrogen-bond acceptors (Lipinski definition) is 0. The third-order valence-corrected chi connectivity index (χ3v) is 7.68. The van der Waals surface area contributed by atoms with Gasteiger partial charge in [-0.15, -0.1) is 0 Å². The molecule has 0 aromatic heterocycles. The summed E-state index contributed by atoms with van der Waals surface area (Å²) in [5, 5.41) is 0. The molecule has 0 nitrogen and oxygen atoms in total. The van der Waals surface area contributed by atoms with Crippen LogP contribution in [-0.2, 0) is 6.42 Å². The van der Waals surface area contributed by atoms with Crippen LogP contribution >= 0.6 is 0 Å². The van der Waals surface area contributed by atoms with E-state index in [4.69, 9.17) is 0 Å². The van der Waals surface area contributed by atoms with Crippen molar-refractivity contribution in [3.8, 4) is 0 Å². The Labute approximate surface area is 179 Å². The van der Waals surface area contributed by atoms with E-state index in [2.05, 4.69) is 38.1 Å². The van der Waals surface area contributed by atoms with Crippen molar-refractivity contribution in [3.05, 3.63) is 47.3 Å². The monoisotopic (exact) mass is 398 g/mol. The molecule has 0 spiro atoms. The van der Waals surface area contributed by atoms with E-state index >= 15 is 0 Å². The molecule has 0 amide bonds. The molecule has 0 bridgehead atoms. The maximum atomic E-state index is 14.9. The highest BCUT2D eigenvalue weighted by Gasteiger charge is 2.30. The fraction of sp³-hybridized carbons (Fsp3) is 0.714. The summed E-state index contributed by atoms with van der Waals surface area (Å²) in [4.78, 5) is 0. The maximum Gasteiger partial charge on any atom is 0.126 e. The summed E-state index contributed by atoms with van der Waals surface area (Å²) in [7, 11) is 0. The van der Waals surface area contributed by atoms with Crippen molar-refractivity contribution in [2.24, 2.45) is 17.8 Å². The molecule has 1 fully saturated rings. The van der Waals surface area contributed by atoms with E-state index in [-0.39, 0.29) is 5.82 Å². The summed E-state index contributed by atoms with van der Waals surface area (Å²) in [5.74, 6) is 3.07. The van der Waals surface area contributed by atoms with Crippen molar-refractivity contribution in [3.63, 3.8) is 0 Å². The van der Waals surface area contributed by atoms with Gasteiger partial charge in [0.15, 0.2) is 0 Å². The van der Waals surface area contributed by atoms with Crippen LogP contribution in [0.4, 0.5) is 4.39 Å². The standard InChI is InChI=1S/C28H43F/c1-3-5-7-13-25-18-19-26(21-28(25)29)27(20-23-11-8-6-9-12-23)24-16-14-22(10-4-2)15-17-24/h6,8,18-19,21-24,27H,3-5,7,9-17,20H2,1-2H3. The molecule has 1 saturated carbocycles. The largest absolute Gasteiger partial charge is 0.207 e. The van der Waals surface area contributed by atoms with Gasteiger partial charge in [0.2, 0.25) is 0 Å². The van der Waals surface area contributed by atoms with Crippen molar-refractivity contribution in [2.45, 2.75) is 110 Å². The molecule has 162 valence electrons. The fourth-order valence-corrected chi connectivity index (χ4v) is 5.88. The third kappa shape index (κ3) is 6.69. The zero-order valence-corrected chi connectivity index (χ0v) is 19.0. The number of unbranched alkanes of at least 4 members (excludes halogenated alkanes) is 2.